The summed E-state index contributed by atoms with van der Waals surface area (Å²) in [4.78, 5) is 20.7. The Morgan fingerprint density at radius 3 is 2.60 bits per heavy atom. The quantitative estimate of drug-likeness (QED) is 0.861. The Labute approximate surface area is 149 Å². The fraction of sp³-hybridized carbons (Fsp3) is 0.500. The van der Waals surface area contributed by atoms with Gasteiger partial charge in [-0.15, -0.1) is 0 Å². The molecule has 1 aromatic carbocycles. The lowest BCUT2D eigenvalue weighted by Crippen LogP contribution is -2.47. The predicted octanol–water partition coefficient (Wildman–Crippen LogP) is 2.85. The van der Waals surface area contributed by atoms with Crippen molar-refractivity contribution in [1.29, 1.82) is 0 Å². The van der Waals surface area contributed by atoms with E-state index in [9.17, 15) is 4.79 Å². The fourth-order valence-corrected chi connectivity index (χ4v) is 4.49. The number of rotatable bonds is 4. The topological polar surface area (TPSA) is 41.4 Å². The number of carbonyl (C=O) groups excluding carboxylic acids is 1. The third-order valence-corrected chi connectivity index (χ3v) is 5.69. The highest BCUT2D eigenvalue weighted by atomic mass is 16.2. The van der Waals surface area contributed by atoms with Crippen LogP contribution in [0.5, 0.6) is 0 Å². The Morgan fingerprint density at radius 1 is 1.12 bits per heavy atom. The normalized spacial score (nSPS) is 24.1. The highest BCUT2D eigenvalue weighted by Gasteiger charge is 2.38. The van der Waals surface area contributed by atoms with Crippen molar-refractivity contribution >= 4 is 5.91 Å². The maximum Gasteiger partial charge on any atom is 0.219 e. The molecule has 2 aromatic rings. The summed E-state index contributed by atoms with van der Waals surface area (Å²) in [5, 5.41) is 0. The predicted molar refractivity (Wildman–Crippen MR) is 97.4 cm³/mol. The molecule has 0 spiro atoms. The summed E-state index contributed by atoms with van der Waals surface area (Å²) in [6.45, 7) is 4.75. The van der Waals surface area contributed by atoms with E-state index in [-0.39, 0.29) is 5.91 Å². The molecule has 1 amide bonds. The number of likely N-dealkylation sites (tertiary alicyclic amines) is 2. The van der Waals surface area contributed by atoms with Gasteiger partial charge in [-0.3, -0.25) is 9.69 Å². The Morgan fingerprint density at radius 2 is 1.88 bits per heavy atom. The van der Waals surface area contributed by atoms with E-state index >= 15 is 0 Å². The standard InChI is InChI=1S/C20H26N4O/c1-16(25)24-12-3-5-20(24)19-4-2-11-22(19)14-17-6-8-18(9-7-17)23-13-10-21-15-23/h6-10,13,15,19-20H,2-5,11-12,14H2,1H3/t19-,20-/m0/s1. The van der Waals surface area contributed by atoms with E-state index in [1.165, 1.54) is 18.4 Å². The van der Waals surface area contributed by atoms with Gasteiger partial charge in [-0.1, -0.05) is 12.1 Å². The van der Waals surface area contributed by atoms with Crippen LogP contribution >= 0.6 is 0 Å². The van der Waals surface area contributed by atoms with Gasteiger partial charge in [0.1, 0.15) is 0 Å². The first-order valence-corrected chi connectivity index (χ1v) is 9.31. The first-order chi connectivity index (χ1) is 12.2. The zero-order chi connectivity index (χ0) is 17.2. The Balaban J connectivity index is 1.45. The average Bonchev–Trinajstić information content (AvgIpc) is 3.36. The molecule has 25 heavy (non-hydrogen) atoms. The molecule has 0 N–H and O–H groups in total. The van der Waals surface area contributed by atoms with Gasteiger partial charge in [-0.05, 0) is 49.9 Å². The Bertz CT molecular complexity index is 710. The van der Waals surface area contributed by atoms with Crippen LogP contribution < -0.4 is 0 Å². The summed E-state index contributed by atoms with van der Waals surface area (Å²) in [5.41, 5.74) is 2.47. The van der Waals surface area contributed by atoms with Crippen molar-refractivity contribution in [1.82, 2.24) is 19.4 Å². The lowest BCUT2D eigenvalue weighted by molar-refractivity contribution is -0.130. The van der Waals surface area contributed by atoms with E-state index < -0.39 is 0 Å². The third kappa shape index (κ3) is 3.33. The monoisotopic (exact) mass is 338 g/mol. The van der Waals surface area contributed by atoms with Crippen LogP contribution in [0.3, 0.4) is 0 Å². The van der Waals surface area contributed by atoms with E-state index in [4.69, 9.17) is 0 Å². The largest absolute Gasteiger partial charge is 0.338 e. The van der Waals surface area contributed by atoms with Crippen LogP contribution in [0.15, 0.2) is 43.0 Å². The molecule has 132 valence electrons. The second-order valence-corrected chi connectivity index (χ2v) is 7.24. The number of amides is 1. The SMILES string of the molecule is CC(=O)N1CCC[C@H]1[C@@H]1CCCN1Cc1ccc(-n2ccnc2)cc1. The van der Waals surface area contributed by atoms with Gasteiger partial charge in [0.15, 0.2) is 0 Å². The number of carbonyl (C=O) groups is 1. The van der Waals surface area contributed by atoms with Crippen LogP contribution in [0, 0.1) is 0 Å². The molecule has 5 nitrogen and oxygen atoms in total. The van der Waals surface area contributed by atoms with E-state index in [1.807, 2.05) is 17.1 Å². The number of aromatic nitrogens is 2. The second-order valence-electron chi connectivity index (χ2n) is 7.24. The van der Waals surface area contributed by atoms with Gasteiger partial charge in [0.05, 0.1) is 6.33 Å². The van der Waals surface area contributed by atoms with Crippen LogP contribution in [-0.2, 0) is 11.3 Å². The second kappa shape index (κ2) is 7.00. The van der Waals surface area contributed by atoms with Crippen molar-refractivity contribution in [2.24, 2.45) is 0 Å². The summed E-state index contributed by atoms with van der Waals surface area (Å²) >= 11 is 0. The molecule has 0 bridgehead atoms. The molecule has 5 heteroatoms. The molecular formula is C20H26N4O. The van der Waals surface area contributed by atoms with Crippen molar-refractivity contribution in [2.45, 2.75) is 51.2 Å². The number of hydrogen-bond acceptors (Lipinski definition) is 3. The van der Waals surface area contributed by atoms with Gasteiger partial charge >= 0.3 is 0 Å². The molecule has 3 heterocycles. The summed E-state index contributed by atoms with van der Waals surface area (Å²) in [6, 6.07) is 9.65. The molecular weight excluding hydrogens is 312 g/mol. The van der Waals surface area contributed by atoms with Gasteiger partial charge < -0.3 is 9.47 Å². The van der Waals surface area contributed by atoms with Crippen LogP contribution in [0.25, 0.3) is 5.69 Å². The first kappa shape index (κ1) is 16.3. The van der Waals surface area contributed by atoms with Crippen LogP contribution in [-0.4, -0.2) is 50.4 Å². The highest BCUT2D eigenvalue weighted by Crippen LogP contribution is 2.31. The third-order valence-electron chi connectivity index (χ3n) is 5.69. The Kier molecular flexibility index (Phi) is 4.57. The average molecular weight is 338 g/mol. The maximum atomic E-state index is 11.9. The number of nitrogens with zero attached hydrogens (tertiary/aromatic N) is 4. The zero-order valence-electron chi connectivity index (χ0n) is 14.8. The molecule has 1 aromatic heterocycles. The minimum Gasteiger partial charge on any atom is -0.338 e. The molecule has 2 fully saturated rings. The Hall–Kier alpha value is -2.14. The van der Waals surface area contributed by atoms with E-state index in [2.05, 4.69) is 39.0 Å². The fourth-order valence-electron chi connectivity index (χ4n) is 4.49. The smallest absolute Gasteiger partial charge is 0.219 e. The van der Waals surface area contributed by atoms with E-state index in [0.717, 1.165) is 38.2 Å². The highest BCUT2D eigenvalue weighted by molar-refractivity contribution is 5.74. The summed E-state index contributed by atoms with van der Waals surface area (Å²) in [7, 11) is 0. The van der Waals surface area contributed by atoms with Crippen LogP contribution in [0.1, 0.15) is 38.2 Å². The summed E-state index contributed by atoms with van der Waals surface area (Å²) < 4.78 is 2.02. The van der Waals surface area contributed by atoms with Crippen molar-refractivity contribution in [3.8, 4) is 5.69 Å². The molecule has 0 radical (unpaired) electrons. The lowest BCUT2D eigenvalue weighted by atomic mass is 10.0. The van der Waals surface area contributed by atoms with Gasteiger partial charge in [0.25, 0.3) is 0 Å². The maximum absolute atomic E-state index is 11.9. The molecule has 0 aliphatic carbocycles. The van der Waals surface area contributed by atoms with Crippen molar-refractivity contribution in [2.75, 3.05) is 13.1 Å². The minimum atomic E-state index is 0.235. The lowest BCUT2D eigenvalue weighted by Gasteiger charge is -2.34. The van der Waals surface area contributed by atoms with Gasteiger partial charge in [0, 0.05) is 50.2 Å². The van der Waals surface area contributed by atoms with Gasteiger partial charge in [0.2, 0.25) is 5.91 Å². The van der Waals surface area contributed by atoms with Crippen LogP contribution in [0.2, 0.25) is 0 Å². The van der Waals surface area contributed by atoms with Crippen LogP contribution in [0.4, 0.5) is 0 Å². The molecule has 2 saturated heterocycles. The summed E-state index contributed by atoms with van der Waals surface area (Å²) in [6.07, 6.45) is 10.3. The number of hydrogen-bond donors (Lipinski definition) is 0. The zero-order valence-corrected chi connectivity index (χ0v) is 14.8. The number of imidazole rings is 1. The molecule has 0 unspecified atom stereocenters. The van der Waals surface area contributed by atoms with Crippen molar-refractivity contribution in [3.05, 3.63) is 48.5 Å². The van der Waals surface area contributed by atoms with Crippen molar-refractivity contribution in [3.63, 3.8) is 0 Å². The van der Waals surface area contributed by atoms with E-state index in [0.29, 0.717) is 12.1 Å². The molecule has 2 aliphatic rings. The molecule has 2 atom stereocenters. The minimum absolute atomic E-state index is 0.235. The van der Waals surface area contributed by atoms with Crippen molar-refractivity contribution < 1.29 is 4.79 Å². The molecule has 0 saturated carbocycles. The number of benzene rings is 1. The van der Waals surface area contributed by atoms with E-state index in [1.54, 1.807) is 13.1 Å². The molecule has 4 rings (SSSR count). The first-order valence-electron chi connectivity index (χ1n) is 9.31. The van der Waals surface area contributed by atoms with Gasteiger partial charge in [-0.25, -0.2) is 4.98 Å². The summed E-state index contributed by atoms with van der Waals surface area (Å²) in [5.74, 6) is 0.235. The molecule has 2 aliphatic heterocycles. The van der Waals surface area contributed by atoms with Gasteiger partial charge in [-0.2, -0.15) is 0 Å².